The average Bonchev–Trinajstić information content (AvgIpc) is 0. The van der Waals surface area contributed by atoms with Crippen LogP contribution in [0.3, 0.4) is 0 Å². The second-order valence-corrected chi connectivity index (χ2v) is 0. The highest BCUT2D eigenvalue weighted by Crippen LogP contribution is 0.887. The van der Waals surface area contributed by atoms with Crippen molar-refractivity contribution in [2.75, 3.05) is 0 Å². The fourth-order valence-electron chi connectivity index (χ4n) is 0. The molecule has 0 aromatic carbocycles. The quantitative estimate of drug-likeness (QED) is 0.435. The van der Waals surface area contributed by atoms with Crippen LogP contribution >= 0.6 is 95.1 Å². The molecule has 0 aromatic rings. The summed E-state index contributed by atoms with van der Waals surface area (Å²) in [5.41, 5.74) is 0. The molecule has 0 atom stereocenters. The van der Waals surface area contributed by atoms with E-state index in [0.29, 0.717) is 0 Å². The maximum absolute atomic E-state index is 0. The first-order valence-corrected chi connectivity index (χ1v) is 0. The Morgan fingerprint density at radius 3 is 0.500 bits per heavy atom. The summed E-state index contributed by atoms with van der Waals surface area (Å²) in [6, 6.07) is 0. The average molecular weight is 396 g/mol. The Bertz CT molecular complexity index is 8.75. The third kappa shape index (κ3) is 29.4. The van der Waals surface area contributed by atoms with Gasteiger partial charge in [-0.3, -0.25) is 0 Å². The van der Waals surface area contributed by atoms with Gasteiger partial charge in [-0.15, -0.1) is 85.2 Å². The lowest BCUT2D eigenvalue weighted by Gasteiger charge is -0.148. The fourth-order valence-corrected chi connectivity index (χ4v) is 0. The topological polar surface area (TPSA) is 0 Å². The number of rotatable bonds is 0. The second kappa shape index (κ2) is 46.6. The molecule has 0 rings (SSSR count). The van der Waals surface area contributed by atoms with E-state index in [4.69, 9.17) is 0 Å². The molecule has 0 saturated heterocycles. The first-order valence-electron chi connectivity index (χ1n) is 0. The van der Waals surface area contributed by atoms with E-state index >= 15 is 0 Å². The molecular formula is H5Cl3I2P. The minimum absolute atomic E-state index is 0. The van der Waals surface area contributed by atoms with Gasteiger partial charge in [0.2, 0.25) is 0 Å². The van der Waals surface area contributed by atoms with E-state index in [9.17, 15) is 0 Å². The van der Waals surface area contributed by atoms with Crippen molar-refractivity contribution in [3.05, 3.63) is 0 Å². The van der Waals surface area contributed by atoms with Gasteiger partial charge in [-0.05, 0) is 0 Å². The third-order valence-electron chi connectivity index (χ3n) is 0. The van der Waals surface area contributed by atoms with Crippen LogP contribution in [0.2, 0.25) is 0 Å². The van der Waals surface area contributed by atoms with Crippen molar-refractivity contribution in [2.45, 2.75) is 0 Å². The summed E-state index contributed by atoms with van der Waals surface area (Å²) in [5, 5.41) is 0. The number of halogens is 5. The molecular weight excluding hydrogens is 391 g/mol. The standard InChI is InChI=1S/3ClH.2HI.P/h5*1H;. The minimum Gasteiger partial charge on any atom is -0.147 e. The van der Waals surface area contributed by atoms with Crippen LogP contribution in [0.4, 0.5) is 0 Å². The SMILES string of the molecule is Cl.Cl.Cl.I.I.[P]. The molecule has 0 aliphatic carbocycles. The molecule has 0 saturated carbocycles. The van der Waals surface area contributed by atoms with Crippen LogP contribution in [0.5, 0.6) is 0 Å². The summed E-state index contributed by atoms with van der Waals surface area (Å²) >= 11 is 0. The second-order valence-electron chi connectivity index (χ2n) is 0. The molecule has 0 unspecified atom stereocenters. The smallest absolute Gasteiger partial charge is 0 e. The Morgan fingerprint density at radius 1 is 0.500 bits per heavy atom. The summed E-state index contributed by atoms with van der Waals surface area (Å²) in [7, 11) is 0. The molecule has 0 aromatic heterocycles. The first kappa shape index (κ1) is 69.2. The van der Waals surface area contributed by atoms with Crippen molar-refractivity contribution >= 4 is 95.1 Å². The van der Waals surface area contributed by atoms with E-state index in [-0.39, 0.29) is 95.1 Å². The van der Waals surface area contributed by atoms with Gasteiger partial charge in [0.05, 0.1) is 0 Å². The molecule has 0 heterocycles. The number of hydrogen-bond acceptors (Lipinski definition) is 0. The van der Waals surface area contributed by atoms with E-state index in [1.165, 1.54) is 0 Å². The molecule has 0 spiro atoms. The van der Waals surface area contributed by atoms with Crippen LogP contribution in [0, 0.1) is 0 Å². The van der Waals surface area contributed by atoms with Gasteiger partial charge in [0.1, 0.15) is 0 Å². The highest BCUT2D eigenvalue weighted by Gasteiger charge is 0.0000403. The van der Waals surface area contributed by atoms with Crippen LogP contribution < -0.4 is 0 Å². The van der Waals surface area contributed by atoms with Gasteiger partial charge < -0.3 is 0 Å². The summed E-state index contributed by atoms with van der Waals surface area (Å²) < 4.78 is 0. The van der Waals surface area contributed by atoms with Crippen molar-refractivity contribution in [2.24, 2.45) is 0 Å². The molecule has 0 fully saturated rings. The van der Waals surface area contributed by atoms with Crippen molar-refractivity contribution in [3.63, 3.8) is 0 Å². The molecule has 0 bridgehead atoms. The zero-order chi connectivity index (χ0) is 0. The predicted octanol–water partition coefficient (Wildman–Crippen LogP) is 3.36. The van der Waals surface area contributed by atoms with Gasteiger partial charge in [0.15, 0.2) is 0 Å². The van der Waals surface area contributed by atoms with E-state index in [1.807, 2.05) is 0 Å². The largest absolute Gasteiger partial charge is 0.147 e. The zero-order valence-corrected chi connectivity index (χ0v) is 10.5. The Morgan fingerprint density at radius 2 is 0.500 bits per heavy atom. The van der Waals surface area contributed by atoms with Crippen LogP contribution in [-0.2, 0) is 0 Å². The highest BCUT2D eigenvalue weighted by molar-refractivity contribution is 14.0. The Hall–Kier alpha value is 2.76. The molecule has 0 amide bonds. The Balaban J connectivity index is 0. The van der Waals surface area contributed by atoms with Crippen molar-refractivity contribution in [1.29, 1.82) is 0 Å². The van der Waals surface area contributed by atoms with Crippen LogP contribution in [0.15, 0.2) is 0 Å². The van der Waals surface area contributed by atoms with E-state index in [1.54, 1.807) is 0 Å². The molecule has 6 heteroatoms. The summed E-state index contributed by atoms with van der Waals surface area (Å²) in [6.45, 7) is 0. The highest BCUT2D eigenvalue weighted by atomic mass is 127. The van der Waals surface area contributed by atoms with E-state index in [2.05, 4.69) is 0 Å². The maximum atomic E-state index is 0. The maximum Gasteiger partial charge on any atom is 0 e. The lowest BCUT2D eigenvalue weighted by atomic mass is 31.0. The van der Waals surface area contributed by atoms with Gasteiger partial charge in [0, 0.05) is 9.90 Å². The van der Waals surface area contributed by atoms with E-state index in [0.717, 1.165) is 0 Å². The predicted molar refractivity (Wildman–Crippen MR) is 59.5 cm³/mol. The van der Waals surface area contributed by atoms with Crippen LogP contribution in [0.25, 0.3) is 0 Å². The van der Waals surface area contributed by atoms with Gasteiger partial charge in [-0.1, -0.05) is 0 Å². The normalized spacial score (nSPS) is 0. The molecule has 6 heavy (non-hydrogen) atoms. The van der Waals surface area contributed by atoms with Gasteiger partial charge >= 0.3 is 0 Å². The molecule has 0 nitrogen and oxygen atoms in total. The zero-order valence-electron chi connectivity index (χ0n) is 2.49. The van der Waals surface area contributed by atoms with Crippen molar-refractivity contribution < 1.29 is 0 Å². The lowest BCUT2D eigenvalue weighted by molar-refractivity contribution is 5.85. The summed E-state index contributed by atoms with van der Waals surface area (Å²) in [4.78, 5) is 0. The summed E-state index contributed by atoms with van der Waals surface area (Å²) in [6.07, 6.45) is 0. The van der Waals surface area contributed by atoms with Crippen LogP contribution in [0.1, 0.15) is 0 Å². The Labute approximate surface area is 93.9 Å². The molecule has 0 aliphatic rings. The first-order chi connectivity index (χ1) is 0. The molecule has 0 N–H and O–H groups in total. The van der Waals surface area contributed by atoms with Crippen molar-refractivity contribution in [1.82, 2.24) is 0 Å². The monoisotopic (exact) mass is 395 g/mol. The minimum atomic E-state index is 0. The van der Waals surface area contributed by atoms with E-state index < -0.39 is 0 Å². The third-order valence-corrected chi connectivity index (χ3v) is 0. The summed E-state index contributed by atoms with van der Waals surface area (Å²) in [5.74, 6) is 0. The Kier molecular flexibility index (Phi) is 537. The molecule has 0 aliphatic heterocycles. The van der Waals surface area contributed by atoms with Gasteiger partial charge in [0.25, 0.3) is 0 Å². The van der Waals surface area contributed by atoms with Gasteiger partial charge in [-0.25, -0.2) is 0 Å². The van der Waals surface area contributed by atoms with Crippen molar-refractivity contribution in [3.8, 4) is 0 Å². The molecule has 45 valence electrons. The van der Waals surface area contributed by atoms with Gasteiger partial charge in [-0.2, -0.15) is 0 Å². The fraction of sp³-hybridized carbons (Fsp3) is 0. The molecule has 3 radical (unpaired) electrons. The lowest BCUT2D eigenvalue weighted by Crippen LogP contribution is 0.688. The number of hydrogen-bond donors (Lipinski definition) is 0. The van der Waals surface area contributed by atoms with Crippen LogP contribution in [-0.4, -0.2) is 0 Å².